The summed E-state index contributed by atoms with van der Waals surface area (Å²) in [6.45, 7) is 1.97. The third-order valence-corrected chi connectivity index (χ3v) is 3.34. The zero-order chi connectivity index (χ0) is 9.84. The van der Waals surface area contributed by atoms with Crippen LogP contribution < -0.4 is 0 Å². The molecule has 0 radical (unpaired) electrons. The van der Waals surface area contributed by atoms with Gasteiger partial charge in [0, 0.05) is 16.2 Å². The van der Waals surface area contributed by atoms with Crippen molar-refractivity contribution in [2.24, 2.45) is 0 Å². The fraction of sp³-hybridized carbons (Fsp3) is 0.444. The Hall–Kier alpha value is -0.540. The van der Waals surface area contributed by atoms with Crippen LogP contribution in [0.15, 0.2) is 6.07 Å². The molecular weight excluding hydrogens is 208 g/mol. The van der Waals surface area contributed by atoms with Gasteiger partial charge in [0.1, 0.15) is 0 Å². The average Bonchev–Trinajstić information content (AvgIpc) is 2.30. The van der Waals surface area contributed by atoms with E-state index in [0.29, 0.717) is 6.42 Å². The number of aryl methyl sites for hydroxylation is 2. The molecule has 0 aliphatic heterocycles. The number of aliphatic carboxylic acids is 1. The highest BCUT2D eigenvalue weighted by atomic mass is 35.5. The Balaban J connectivity index is 2.41. The Morgan fingerprint density at radius 1 is 1.69 bits per heavy atom. The van der Waals surface area contributed by atoms with Crippen molar-refractivity contribution in [2.75, 3.05) is 0 Å². The number of rotatable bonds is 4. The molecule has 4 heteroatoms. The lowest BCUT2D eigenvalue weighted by molar-refractivity contribution is -0.137. The Bertz CT molecular complexity index is 287. The van der Waals surface area contributed by atoms with E-state index in [4.69, 9.17) is 16.7 Å². The number of thiophene rings is 1. The van der Waals surface area contributed by atoms with Crippen LogP contribution in [0.2, 0.25) is 5.02 Å². The quantitative estimate of drug-likeness (QED) is 0.843. The van der Waals surface area contributed by atoms with Gasteiger partial charge in [-0.05, 0) is 25.8 Å². The van der Waals surface area contributed by atoms with E-state index < -0.39 is 5.97 Å². The van der Waals surface area contributed by atoms with E-state index in [9.17, 15) is 4.79 Å². The minimum atomic E-state index is -0.737. The van der Waals surface area contributed by atoms with Crippen LogP contribution >= 0.6 is 22.9 Å². The fourth-order valence-corrected chi connectivity index (χ4v) is 2.34. The average molecular weight is 219 g/mol. The third-order valence-electron chi connectivity index (χ3n) is 1.72. The van der Waals surface area contributed by atoms with Crippen LogP contribution in [0.3, 0.4) is 0 Å². The van der Waals surface area contributed by atoms with Crippen molar-refractivity contribution in [1.29, 1.82) is 0 Å². The molecule has 0 bridgehead atoms. The molecule has 0 saturated heterocycles. The van der Waals surface area contributed by atoms with Gasteiger partial charge in [0.15, 0.2) is 0 Å². The summed E-state index contributed by atoms with van der Waals surface area (Å²) >= 11 is 7.51. The lowest BCUT2D eigenvalue weighted by Gasteiger charge is -1.93. The first-order valence-electron chi connectivity index (χ1n) is 4.06. The summed E-state index contributed by atoms with van der Waals surface area (Å²) < 4.78 is 0. The number of hydrogen-bond donors (Lipinski definition) is 1. The Labute approximate surface area is 86.2 Å². The summed E-state index contributed by atoms with van der Waals surface area (Å²) in [5.74, 6) is -0.737. The third kappa shape index (κ3) is 3.36. The van der Waals surface area contributed by atoms with Crippen molar-refractivity contribution in [2.45, 2.75) is 26.2 Å². The summed E-state index contributed by atoms with van der Waals surface area (Å²) in [7, 11) is 0. The second kappa shape index (κ2) is 4.63. The van der Waals surface area contributed by atoms with Gasteiger partial charge in [-0.3, -0.25) is 4.79 Å². The molecule has 0 unspecified atom stereocenters. The van der Waals surface area contributed by atoms with Crippen LogP contribution in [0, 0.1) is 6.92 Å². The highest BCUT2D eigenvalue weighted by Gasteiger charge is 2.03. The molecule has 0 aromatic carbocycles. The molecule has 1 aromatic rings. The molecule has 1 aromatic heterocycles. The van der Waals surface area contributed by atoms with Gasteiger partial charge >= 0.3 is 5.97 Å². The van der Waals surface area contributed by atoms with Crippen LogP contribution in [0.5, 0.6) is 0 Å². The largest absolute Gasteiger partial charge is 0.481 e. The number of carboxylic acids is 1. The summed E-state index contributed by atoms with van der Waals surface area (Å²) in [6.07, 6.45) is 1.73. The number of hydrogen-bond acceptors (Lipinski definition) is 2. The molecule has 13 heavy (non-hydrogen) atoms. The van der Waals surface area contributed by atoms with E-state index in [0.717, 1.165) is 16.3 Å². The Kier molecular flexibility index (Phi) is 3.75. The van der Waals surface area contributed by atoms with Crippen molar-refractivity contribution < 1.29 is 9.90 Å². The van der Waals surface area contributed by atoms with Crippen LogP contribution in [0.25, 0.3) is 0 Å². The predicted octanol–water partition coefficient (Wildman–Crippen LogP) is 3.12. The van der Waals surface area contributed by atoms with E-state index in [-0.39, 0.29) is 6.42 Å². The normalized spacial score (nSPS) is 10.3. The van der Waals surface area contributed by atoms with Gasteiger partial charge < -0.3 is 5.11 Å². The Morgan fingerprint density at radius 2 is 2.38 bits per heavy atom. The molecule has 1 rings (SSSR count). The van der Waals surface area contributed by atoms with Crippen LogP contribution in [-0.2, 0) is 11.2 Å². The molecule has 1 N–H and O–H groups in total. The summed E-state index contributed by atoms with van der Waals surface area (Å²) in [5.41, 5.74) is 0. The van der Waals surface area contributed by atoms with E-state index in [1.807, 2.05) is 13.0 Å². The van der Waals surface area contributed by atoms with Gasteiger partial charge in [-0.25, -0.2) is 0 Å². The molecule has 0 saturated carbocycles. The van der Waals surface area contributed by atoms with Crippen LogP contribution in [0.1, 0.15) is 22.6 Å². The van der Waals surface area contributed by atoms with E-state index >= 15 is 0 Å². The van der Waals surface area contributed by atoms with Crippen molar-refractivity contribution >= 4 is 28.9 Å². The van der Waals surface area contributed by atoms with Crippen molar-refractivity contribution in [3.8, 4) is 0 Å². The van der Waals surface area contributed by atoms with Gasteiger partial charge in [0.05, 0.1) is 5.02 Å². The van der Waals surface area contributed by atoms with E-state index in [1.165, 1.54) is 4.88 Å². The second-order valence-corrected chi connectivity index (χ2v) is 4.61. The highest BCUT2D eigenvalue weighted by Crippen LogP contribution is 2.26. The molecule has 0 aliphatic rings. The van der Waals surface area contributed by atoms with Crippen molar-refractivity contribution in [3.63, 3.8) is 0 Å². The maximum atomic E-state index is 10.2. The van der Waals surface area contributed by atoms with Gasteiger partial charge in [0.2, 0.25) is 0 Å². The highest BCUT2D eigenvalue weighted by molar-refractivity contribution is 7.12. The SMILES string of the molecule is Cc1sc(CCCC(=O)O)cc1Cl. The first-order valence-corrected chi connectivity index (χ1v) is 5.25. The van der Waals surface area contributed by atoms with Crippen LogP contribution in [-0.4, -0.2) is 11.1 Å². The summed E-state index contributed by atoms with van der Waals surface area (Å²) in [6, 6.07) is 1.92. The lowest BCUT2D eigenvalue weighted by Crippen LogP contribution is -1.94. The summed E-state index contributed by atoms with van der Waals surface area (Å²) in [4.78, 5) is 12.5. The smallest absolute Gasteiger partial charge is 0.303 e. The maximum absolute atomic E-state index is 10.2. The van der Waals surface area contributed by atoms with Crippen molar-refractivity contribution in [3.05, 3.63) is 20.8 Å². The van der Waals surface area contributed by atoms with Gasteiger partial charge in [-0.1, -0.05) is 11.6 Å². The minimum Gasteiger partial charge on any atom is -0.481 e. The van der Waals surface area contributed by atoms with Gasteiger partial charge in [-0.15, -0.1) is 11.3 Å². The molecule has 0 amide bonds. The van der Waals surface area contributed by atoms with Gasteiger partial charge in [-0.2, -0.15) is 0 Å². The second-order valence-electron chi connectivity index (χ2n) is 2.86. The predicted molar refractivity (Wildman–Crippen MR) is 54.6 cm³/mol. The number of halogens is 1. The number of carboxylic acid groups (broad SMARTS) is 1. The topological polar surface area (TPSA) is 37.3 Å². The monoisotopic (exact) mass is 218 g/mol. The van der Waals surface area contributed by atoms with E-state index in [2.05, 4.69) is 0 Å². The van der Waals surface area contributed by atoms with Crippen molar-refractivity contribution in [1.82, 2.24) is 0 Å². The maximum Gasteiger partial charge on any atom is 0.303 e. The molecule has 0 spiro atoms. The fourth-order valence-electron chi connectivity index (χ4n) is 1.05. The number of carbonyl (C=O) groups is 1. The first kappa shape index (κ1) is 10.5. The zero-order valence-electron chi connectivity index (χ0n) is 7.34. The Morgan fingerprint density at radius 3 is 2.85 bits per heavy atom. The lowest BCUT2D eigenvalue weighted by atomic mass is 10.2. The zero-order valence-corrected chi connectivity index (χ0v) is 8.91. The molecular formula is C9H11ClO2S. The first-order chi connectivity index (χ1) is 6.09. The van der Waals surface area contributed by atoms with E-state index in [1.54, 1.807) is 11.3 Å². The molecule has 0 atom stereocenters. The summed E-state index contributed by atoms with van der Waals surface area (Å²) in [5, 5.41) is 9.22. The molecule has 2 nitrogen and oxygen atoms in total. The molecule has 0 fully saturated rings. The van der Waals surface area contributed by atoms with Crippen LogP contribution in [0.4, 0.5) is 0 Å². The molecule has 72 valence electrons. The standard InChI is InChI=1S/C9H11ClO2S/c1-6-8(10)5-7(13-6)3-2-4-9(11)12/h5H,2-4H2,1H3,(H,11,12). The minimum absolute atomic E-state index is 0.231. The van der Waals surface area contributed by atoms with Gasteiger partial charge in [0.25, 0.3) is 0 Å². The molecule has 0 aliphatic carbocycles. The molecule has 1 heterocycles.